The van der Waals surface area contributed by atoms with Gasteiger partial charge in [-0.25, -0.2) is 0 Å². The van der Waals surface area contributed by atoms with Gasteiger partial charge in [0.05, 0.1) is 0 Å². The average molecular weight is 344 g/mol. The normalized spacial score (nSPS) is 11.1. The SMILES string of the molecule is CCCCCCCCCCNCc1c(Cl)cc(Cl)cc1CC. The molecule has 0 saturated carbocycles. The van der Waals surface area contributed by atoms with Crippen LogP contribution in [0.1, 0.15) is 76.3 Å². The van der Waals surface area contributed by atoms with Crippen LogP contribution in [0.4, 0.5) is 0 Å². The van der Waals surface area contributed by atoms with Gasteiger partial charge in [-0.05, 0) is 42.6 Å². The molecular formula is C19H31Cl2N. The van der Waals surface area contributed by atoms with E-state index < -0.39 is 0 Å². The van der Waals surface area contributed by atoms with E-state index >= 15 is 0 Å². The number of benzene rings is 1. The van der Waals surface area contributed by atoms with Gasteiger partial charge in [0, 0.05) is 16.6 Å². The standard InChI is InChI=1S/C19H31Cl2N/c1-3-5-6-7-8-9-10-11-12-22-15-18-16(4-2)13-17(20)14-19(18)21/h13-14,22H,3-12,15H2,1-2H3. The lowest BCUT2D eigenvalue weighted by molar-refractivity contribution is 0.554. The lowest BCUT2D eigenvalue weighted by atomic mass is 10.0. The van der Waals surface area contributed by atoms with Crippen molar-refractivity contribution in [3.63, 3.8) is 0 Å². The summed E-state index contributed by atoms with van der Waals surface area (Å²) in [6.45, 7) is 6.32. The Labute approximate surface area is 146 Å². The number of hydrogen-bond donors (Lipinski definition) is 1. The maximum atomic E-state index is 6.31. The first-order valence-electron chi connectivity index (χ1n) is 8.86. The van der Waals surface area contributed by atoms with E-state index in [-0.39, 0.29) is 0 Å². The minimum Gasteiger partial charge on any atom is -0.313 e. The van der Waals surface area contributed by atoms with Crippen molar-refractivity contribution in [3.8, 4) is 0 Å². The first kappa shape index (κ1) is 19.8. The molecular weight excluding hydrogens is 313 g/mol. The number of hydrogen-bond acceptors (Lipinski definition) is 1. The van der Waals surface area contributed by atoms with Crippen molar-refractivity contribution in [3.05, 3.63) is 33.3 Å². The number of unbranched alkanes of at least 4 members (excludes halogenated alkanes) is 7. The Hall–Kier alpha value is -0.240. The van der Waals surface area contributed by atoms with Gasteiger partial charge in [0.25, 0.3) is 0 Å². The molecule has 1 nitrogen and oxygen atoms in total. The highest BCUT2D eigenvalue weighted by atomic mass is 35.5. The van der Waals surface area contributed by atoms with Crippen LogP contribution in [0.3, 0.4) is 0 Å². The monoisotopic (exact) mass is 343 g/mol. The Bertz CT molecular complexity index is 418. The highest BCUT2D eigenvalue weighted by Gasteiger charge is 2.07. The van der Waals surface area contributed by atoms with Crippen LogP contribution in [-0.2, 0) is 13.0 Å². The maximum Gasteiger partial charge on any atom is 0.0468 e. The molecule has 0 spiro atoms. The Kier molecular flexibility index (Phi) is 11.0. The second-order valence-corrected chi connectivity index (χ2v) is 6.87. The number of nitrogens with one attached hydrogen (secondary N) is 1. The first-order valence-corrected chi connectivity index (χ1v) is 9.62. The van der Waals surface area contributed by atoms with Crippen molar-refractivity contribution in [1.82, 2.24) is 5.32 Å². The van der Waals surface area contributed by atoms with Gasteiger partial charge in [-0.1, -0.05) is 82.0 Å². The molecule has 0 heterocycles. The third-order valence-electron chi connectivity index (χ3n) is 4.14. The maximum absolute atomic E-state index is 6.31. The zero-order valence-electron chi connectivity index (χ0n) is 14.2. The van der Waals surface area contributed by atoms with E-state index in [4.69, 9.17) is 23.2 Å². The van der Waals surface area contributed by atoms with Gasteiger partial charge < -0.3 is 5.32 Å². The molecule has 0 unspecified atom stereocenters. The summed E-state index contributed by atoms with van der Waals surface area (Å²) in [5, 5.41) is 5.04. The largest absolute Gasteiger partial charge is 0.313 e. The second-order valence-electron chi connectivity index (χ2n) is 6.03. The van der Waals surface area contributed by atoms with Crippen molar-refractivity contribution in [1.29, 1.82) is 0 Å². The molecule has 1 aromatic carbocycles. The molecule has 0 atom stereocenters. The number of aryl methyl sites for hydroxylation is 1. The molecule has 3 heteroatoms. The fourth-order valence-corrected chi connectivity index (χ4v) is 3.37. The third kappa shape index (κ3) is 7.85. The Morgan fingerprint density at radius 3 is 2.14 bits per heavy atom. The van der Waals surface area contributed by atoms with Crippen LogP contribution in [0.25, 0.3) is 0 Å². The average Bonchev–Trinajstić information content (AvgIpc) is 2.50. The van der Waals surface area contributed by atoms with E-state index in [1.165, 1.54) is 62.5 Å². The lowest BCUT2D eigenvalue weighted by Crippen LogP contribution is -2.16. The third-order valence-corrected chi connectivity index (χ3v) is 4.70. The van der Waals surface area contributed by atoms with Gasteiger partial charge in [0.2, 0.25) is 0 Å². The molecule has 1 aromatic rings. The smallest absolute Gasteiger partial charge is 0.0468 e. The van der Waals surface area contributed by atoms with Gasteiger partial charge in [-0.2, -0.15) is 0 Å². The summed E-state index contributed by atoms with van der Waals surface area (Å²) in [6.07, 6.45) is 11.8. The minimum atomic E-state index is 0.730. The molecule has 0 bridgehead atoms. The summed E-state index contributed by atoms with van der Waals surface area (Å²) >= 11 is 12.4. The van der Waals surface area contributed by atoms with Gasteiger partial charge >= 0.3 is 0 Å². The van der Waals surface area contributed by atoms with Crippen LogP contribution in [-0.4, -0.2) is 6.54 Å². The summed E-state index contributed by atoms with van der Waals surface area (Å²) < 4.78 is 0. The van der Waals surface area contributed by atoms with Gasteiger partial charge in [0.1, 0.15) is 0 Å². The van der Waals surface area contributed by atoms with E-state index in [1.807, 2.05) is 12.1 Å². The van der Waals surface area contributed by atoms with Crippen molar-refractivity contribution in [2.75, 3.05) is 6.54 Å². The number of rotatable bonds is 12. The fourth-order valence-electron chi connectivity index (χ4n) is 2.77. The van der Waals surface area contributed by atoms with Gasteiger partial charge in [0.15, 0.2) is 0 Å². The molecule has 0 saturated heterocycles. The van der Waals surface area contributed by atoms with E-state index in [0.717, 1.165) is 29.6 Å². The predicted molar refractivity (Wildman–Crippen MR) is 100 cm³/mol. The van der Waals surface area contributed by atoms with Crippen LogP contribution in [0.5, 0.6) is 0 Å². The summed E-state index contributed by atoms with van der Waals surface area (Å²) in [6, 6.07) is 3.87. The van der Waals surface area contributed by atoms with E-state index in [1.54, 1.807) is 0 Å². The molecule has 0 aliphatic heterocycles. The molecule has 0 amide bonds. The second kappa shape index (κ2) is 12.2. The zero-order chi connectivity index (χ0) is 16.2. The van der Waals surface area contributed by atoms with Crippen LogP contribution < -0.4 is 5.32 Å². The Morgan fingerprint density at radius 2 is 1.50 bits per heavy atom. The highest BCUT2D eigenvalue weighted by molar-refractivity contribution is 6.35. The van der Waals surface area contributed by atoms with Gasteiger partial charge in [-0.15, -0.1) is 0 Å². The van der Waals surface area contributed by atoms with Crippen LogP contribution in [0.2, 0.25) is 10.0 Å². The molecule has 0 fully saturated rings. The van der Waals surface area contributed by atoms with Gasteiger partial charge in [-0.3, -0.25) is 0 Å². The highest BCUT2D eigenvalue weighted by Crippen LogP contribution is 2.25. The molecule has 0 aliphatic carbocycles. The Balaban J connectivity index is 2.15. The quantitative estimate of drug-likeness (QED) is 0.412. The van der Waals surface area contributed by atoms with Crippen LogP contribution >= 0.6 is 23.2 Å². The minimum absolute atomic E-state index is 0.730. The molecule has 0 aliphatic rings. The van der Waals surface area contributed by atoms with E-state index in [2.05, 4.69) is 19.2 Å². The molecule has 0 radical (unpaired) electrons. The fraction of sp³-hybridized carbons (Fsp3) is 0.684. The molecule has 126 valence electrons. The van der Waals surface area contributed by atoms with Crippen LogP contribution in [0, 0.1) is 0 Å². The summed E-state index contributed by atoms with van der Waals surface area (Å²) in [4.78, 5) is 0. The van der Waals surface area contributed by atoms with Crippen molar-refractivity contribution in [2.24, 2.45) is 0 Å². The Morgan fingerprint density at radius 1 is 0.864 bits per heavy atom. The summed E-state index contributed by atoms with van der Waals surface area (Å²) in [5.74, 6) is 0. The van der Waals surface area contributed by atoms with Crippen LogP contribution in [0.15, 0.2) is 12.1 Å². The predicted octanol–water partition coefficient (Wildman–Crippen LogP) is 6.79. The molecule has 0 aromatic heterocycles. The summed E-state index contributed by atoms with van der Waals surface area (Å²) in [7, 11) is 0. The van der Waals surface area contributed by atoms with Crippen molar-refractivity contribution >= 4 is 23.2 Å². The van der Waals surface area contributed by atoms with Crippen molar-refractivity contribution < 1.29 is 0 Å². The van der Waals surface area contributed by atoms with E-state index in [9.17, 15) is 0 Å². The lowest BCUT2D eigenvalue weighted by Gasteiger charge is -2.12. The summed E-state index contributed by atoms with van der Waals surface area (Å²) in [5.41, 5.74) is 2.45. The number of halogens is 2. The molecule has 22 heavy (non-hydrogen) atoms. The van der Waals surface area contributed by atoms with Crippen molar-refractivity contribution in [2.45, 2.75) is 78.2 Å². The topological polar surface area (TPSA) is 12.0 Å². The van der Waals surface area contributed by atoms with E-state index in [0.29, 0.717) is 0 Å². The zero-order valence-corrected chi connectivity index (χ0v) is 15.7. The molecule has 1 rings (SSSR count). The first-order chi connectivity index (χ1) is 10.7. The molecule has 1 N–H and O–H groups in total.